The Hall–Kier alpha value is -1.24. The highest BCUT2D eigenvalue weighted by Crippen LogP contribution is 2.38. The van der Waals surface area contributed by atoms with Crippen molar-refractivity contribution in [1.29, 1.82) is 0 Å². The van der Waals surface area contributed by atoms with Crippen LogP contribution in [0.4, 0.5) is 0 Å². The van der Waals surface area contributed by atoms with Crippen LogP contribution in [0.15, 0.2) is 0 Å². The van der Waals surface area contributed by atoms with Crippen LogP contribution in [0.5, 0.6) is 0 Å². The lowest BCUT2D eigenvalue weighted by Gasteiger charge is -2.50. The Morgan fingerprint density at radius 2 is 0.986 bits per heavy atom. The Balaban J connectivity index is 1.78. The molecule has 0 bridgehead atoms. The van der Waals surface area contributed by atoms with Crippen molar-refractivity contribution in [3.05, 3.63) is 0 Å². The Morgan fingerprint density at radius 1 is 0.521 bits per heavy atom. The van der Waals surface area contributed by atoms with Gasteiger partial charge < -0.3 is 154 Å². The quantitative estimate of drug-likeness (QED) is 0.0340. The number of methoxy groups -OCH3 is 2. The molecule has 4 fully saturated rings. The van der Waals surface area contributed by atoms with Gasteiger partial charge in [-0.3, -0.25) is 0 Å². The molecular formula is C40H74O31. The molecule has 0 aromatic carbocycles. The van der Waals surface area contributed by atoms with Gasteiger partial charge >= 0.3 is 5.97 Å². The predicted octanol–water partition coefficient (Wildman–Crippen LogP) is -11.6. The second kappa shape index (κ2) is 28.2. The number of rotatable bonds is 27. The summed E-state index contributed by atoms with van der Waals surface area (Å²) >= 11 is 0. The lowest BCUT2D eigenvalue weighted by molar-refractivity contribution is -0.457. The normalized spacial score (nSPS) is 42.1. The Morgan fingerprint density at radius 3 is 1.42 bits per heavy atom. The van der Waals surface area contributed by atoms with Crippen molar-refractivity contribution in [2.24, 2.45) is 5.92 Å². The Kier molecular flexibility index (Phi) is 24.8. The third-order valence-corrected chi connectivity index (χ3v) is 12.7. The first-order valence-corrected chi connectivity index (χ1v) is 22.7. The molecule has 31 nitrogen and oxygen atoms in total. The lowest BCUT2D eigenvalue weighted by atomic mass is 9.93. The fourth-order valence-corrected chi connectivity index (χ4v) is 8.31. The smallest absolute Gasteiger partial charge is 0.308 e. The summed E-state index contributed by atoms with van der Waals surface area (Å²) in [5.74, 6) is -4.62. The third kappa shape index (κ3) is 14.4. The molecule has 19 N–H and O–H groups in total. The van der Waals surface area contributed by atoms with E-state index in [4.69, 9.17) is 56.8 Å². The van der Waals surface area contributed by atoms with Crippen molar-refractivity contribution in [3.63, 3.8) is 0 Å². The van der Waals surface area contributed by atoms with E-state index >= 15 is 0 Å². The summed E-state index contributed by atoms with van der Waals surface area (Å²) in [7, 11) is 1.77. The molecule has 71 heavy (non-hydrogen) atoms. The maximum absolute atomic E-state index is 12.3. The lowest BCUT2D eigenvalue weighted by Crippen LogP contribution is -2.68. The van der Waals surface area contributed by atoms with Gasteiger partial charge in [0.25, 0.3) is 0 Å². The zero-order valence-corrected chi connectivity index (χ0v) is 39.1. The molecule has 4 rings (SSSR count). The van der Waals surface area contributed by atoms with Gasteiger partial charge in [-0.1, -0.05) is 6.92 Å². The second-order valence-electron chi connectivity index (χ2n) is 17.4. The molecule has 25 unspecified atom stereocenters. The van der Waals surface area contributed by atoms with Crippen LogP contribution in [0, 0.1) is 5.92 Å². The molecule has 0 radical (unpaired) electrons. The van der Waals surface area contributed by atoms with E-state index in [-0.39, 0.29) is 6.61 Å². The van der Waals surface area contributed by atoms with E-state index in [1.54, 1.807) is 0 Å². The molecule has 4 heterocycles. The summed E-state index contributed by atoms with van der Waals surface area (Å²) < 4.78 is 68.2. The van der Waals surface area contributed by atoms with Crippen LogP contribution in [-0.2, 0) is 56.8 Å². The highest BCUT2D eigenvalue weighted by atomic mass is 16.9. The number of ether oxygens (including phenoxy) is 12. The monoisotopic (exact) mass is 1050 g/mol. The van der Waals surface area contributed by atoms with Gasteiger partial charge in [-0.25, -0.2) is 0 Å². The first-order chi connectivity index (χ1) is 33.6. The van der Waals surface area contributed by atoms with Crippen molar-refractivity contribution in [3.8, 4) is 0 Å². The predicted molar refractivity (Wildman–Crippen MR) is 222 cm³/mol. The van der Waals surface area contributed by atoms with Crippen molar-refractivity contribution in [2.45, 2.75) is 186 Å². The highest BCUT2D eigenvalue weighted by molar-refractivity contribution is 4.99. The van der Waals surface area contributed by atoms with Gasteiger partial charge in [-0.15, -0.1) is 0 Å². The molecule has 0 aliphatic carbocycles. The molecule has 0 aromatic rings. The molecule has 4 aliphatic rings. The summed E-state index contributed by atoms with van der Waals surface area (Å²) in [6, 6.07) is 0. The van der Waals surface area contributed by atoms with E-state index in [1.807, 2.05) is 0 Å². The molecule has 0 aromatic heterocycles. The second-order valence-corrected chi connectivity index (χ2v) is 17.4. The fraction of sp³-hybridized carbons (Fsp3) is 1.00. The van der Waals surface area contributed by atoms with E-state index in [9.17, 15) is 97.0 Å². The van der Waals surface area contributed by atoms with Crippen molar-refractivity contribution in [1.82, 2.24) is 0 Å². The molecule has 0 saturated carbocycles. The molecule has 4 aliphatic heterocycles. The van der Waals surface area contributed by atoms with Gasteiger partial charge in [0, 0.05) is 33.2 Å². The maximum Gasteiger partial charge on any atom is 0.308 e. The van der Waals surface area contributed by atoms with Crippen LogP contribution < -0.4 is 0 Å². The van der Waals surface area contributed by atoms with E-state index < -0.39 is 218 Å². The van der Waals surface area contributed by atoms with Crippen LogP contribution in [0.1, 0.15) is 20.3 Å². The average Bonchev–Trinajstić information content (AvgIpc) is 3.37. The Bertz CT molecular complexity index is 1510. The summed E-state index contributed by atoms with van der Waals surface area (Å²) in [4.78, 5) is 0. The van der Waals surface area contributed by atoms with E-state index in [2.05, 4.69) is 0 Å². The van der Waals surface area contributed by atoms with Gasteiger partial charge in [0.05, 0.1) is 58.0 Å². The minimum atomic E-state index is -3.36. The van der Waals surface area contributed by atoms with E-state index in [1.165, 1.54) is 13.8 Å². The summed E-state index contributed by atoms with van der Waals surface area (Å²) in [5.41, 5.74) is 0. The molecular weight excluding hydrogens is 976 g/mol. The van der Waals surface area contributed by atoms with Gasteiger partial charge in [0.15, 0.2) is 31.5 Å². The van der Waals surface area contributed by atoms with Crippen LogP contribution in [-0.4, -0.2) is 323 Å². The molecule has 31 heteroatoms. The highest BCUT2D eigenvalue weighted by Gasteiger charge is 2.58. The summed E-state index contributed by atoms with van der Waals surface area (Å²) in [6.45, 7) is -3.23. The topological polar surface area (TPSA) is 495 Å². The van der Waals surface area contributed by atoms with Crippen LogP contribution in [0.25, 0.3) is 0 Å². The van der Waals surface area contributed by atoms with Gasteiger partial charge in [0.1, 0.15) is 110 Å². The van der Waals surface area contributed by atoms with Crippen LogP contribution in [0.3, 0.4) is 0 Å². The number of aliphatic hydroxyl groups is 19. The van der Waals surface area contributed by atoms with Gasteiger partial charge in [0.2, 0.25) is 0 Å². The summed E-state index contributed by atoms with van der Waals surface area (Å²) in [5, 5.41) is 203. The number of aliphatic hydroxyl groups excluding tert-OH is 18. The van der Waals surface area contributed by atoms with Crippen LogP contribution in [0.2, 0.25) is 0 Å². The summed E-state index contributed by atoms with van der Waals surface area (Å²) in [6.07, 6.45) is -51.7. The first kappa shape index (κ1) is 62.3. The zero-order chi connectivity index (χ0) is 53.2. The first-order valence-electron chi connectivity index (χ1n) is 22.7. The number of hydrogen-bond acceptors (Lipinski definition) is 31. The minimum Gasteiger partial charge on any atom is -0.394 e. The molecule has 0 amide bonds. The maximum atomic E-state index is 12.3. The fourth-order valence-electron chi connectivity index (χ4n) is 8.31. The SMILES string of the molecule is CCOC1OC(CO)C(OC2OC(CO)C(O)C(O)C2O)C(OC(O)(OC)[C@@H](C[C@H](O)CO)OC2OC(CO)C(OC3OC(CO)C(O)C(O)C3O)C(OC(OC)C(O)C(O)C(C)[C@H](O)CO)C2O)C1O. The van der Waals surface area contributed by atoms with Gasteiger partial charge in [-0.2, -0.15) is 0 Å². The largest absolute Gasteiger partial charge is 0.394 e. The number of hydrogen-bond donors (Lipinski definition) is 19. The van der Waals surface area contributed by atoms with Crippen molar-refractivity contribution >= 4 is 0 Å². The Labute approximate surface area is 405 Å². The van der Waals surface area contributed by atoms with Crippen molar-refractivity contribution < 1.29 is 154 Å². The molecule has 28 atom stereocenters. The van der Waals surface area contributed by atoms with E-state index in [0.717, 1.165) is 14.2 Å². The molecule has 4 saturated heterocycles. The van der Waals surface area contributed by atoms with Gasteiger partial charge in [-0.05, 0) is 6.92 Å². The van der Waals surface area contributed by atoms with Crippen molar-refractivity contribution in [2.75, 3.05) is 60.5 Å². The molecule has 0 spiro atoms. The standard InChI is InChI=1S/C40H74O31/c1-5-62-36-30(58)34(32(19(12-46)65-36)69-38-28(56)25(53)23(51)17(10-44)64-38)71-40(59,61-4)20(6-14(47)7-41)67-39-29(57)33(70-35(60-3)26(54)21(49)13(2)15(48)8-42)31(18(11-45)66-39)68-37-27(55)24(52)22(50)16(9-43)63-37/h13-39,41-59H,5-12H2,1-4H3/t13?,14-,15+,16?,17?,18?,19?,20+,21?,22?,23?,24?,25?,26?,27?,28?,29?,30?,31?,32?,33?,34?,35?,36?,37?,38?,39?,40?/m0/s1. The third-order valence-electron chi connectivity index (χ3n) is 12.7. The minimum absolute atomic E-state index is 0.134. The van der Waals surface area contributed by atoms with Crippen LogP contribution >= 0.6 is 0 Å². The van der Waals surface area contributed by atoms with E-state index in [0.29, 0.717) is 0 Å². The zero-order valence-electron chi connectivity index (χ0n) is 39.1. The molecule has 420 valence electrons. The average molecular weight is 1050 g/mol.